The summed E-state index contributed by atoms with van der Waals surface area (Å²) in [6, 6.07) is 15.8. The van der Waals surface area contributed by atoms with Crippen LogP contribution in [0.1, 0.15) is 5.69 Å². The highest BCUT2D eigenvalue weighted by molar-refractivity contribution is 6.17. The zero-order chi connectivity index (χ0) is 13.9. The third-order valence-corrected chi connectivity index (χ3v) is 3.21. The van der Waals surface area contributed by atoms with E-state index in [-0.39, 0.29) is 11.6 Å². The molecule has 0 atom stereocenters. The number of fused-ring (bicyclic) bond motifs is 1. The smallest absolute Gasteiger partial charge is 0.227 e. The topological polar surface area (TPSA) is 22.1 Å². The number of benzene rings is 2. The van der Waals surface area contributed by atoms with E-state index in [2.05, 4.69) is 4.98 Å². The van der Waals surface area contributed by atoms with Crippen molar-refractivity contribution in [1.82, 2.24) is 4.98 Å². The molecule has 2 nitrogen and oxygen atoms in total. The van der Waals surface area contributed by atoms with Crippen LogP contribution in [0, 0.1) is 5.82 Å². The molecule has 0 radical (unpaired) electrons. The number of hydrogen-bond donors (Lipinski definition) is 0. The van der Waals surface area contributed by atoms with Crippen LogP contribution in [0.2, 0.25) is 0 Å². The summed E-state index contributed by atoms with van der Waals surface area (Å²) < 4.78 is 19.3. The first kappa shape index (κ1) is 12.9. The summed E-state index contributed by atoms with van der Waals surface area (Å²) >= 11 is 5.84. The summed E-state index contributed by atoms with van der Waals surface area (Å²) in [5, 5.41) is 1.79. The highest BCUT2D eigenvalue weighted by Gasteiger charge is 2.10. The number of para-hydroxylation sites is 1. The summed E-state index contributed by atoms with van der Waals surface area (Å²) in [5.41, 5.74) is 0.691. The fourth-order valence-electron chi connectivity index (χ4n) is 2.00. The maximum absolute atomic E-state index is 13.7. The molecule has 0 fully saturated rings. The lowest BCUT2D eigenvalue weighted by atomic mass is 10.1. The first-order chi connectivity index (χ1) is 9.78. The van der Waals surface area contributed by atoms with E-state index in [1.54, 1.807) is 18.2 Å². The van der Waals surface area contributed by atoms with Crippen molar-refractivity contribution in [3.8, 4) is 11.6 Å². The summed E-state index contributed by atoms with van der Waals surface area (Å²) in [5.74, 6) is 0.369. The minimum Gasteiger partial charge on any atom is -0.435 e. The molecule has 2 aromatic carbocycles. The van der Waals surface area contributed by atoms with Gasteiger partial charge < -0.3 is 4.74 Å². The predicted octanol–water partition coefficient (Wildman–Crippen LogP) is 4.91. The molecule has 4 heteroatoms. The Bertz CT molecular complexity index is 760. The van der Waals surface area contributed by atoms with Crippen LogP contribution in [-0.2, 0) is 5.88 Å². The first-order valence-corrected chi connectivity index (χ1v) is 6.68. The van der Waals surface area contributed by atoms with Crippen LogP contribution < -0.4 is 4.74 Å². The van der Waals surface area contributed by atoms with E-state index in [1.807, 2.05) is 30.3 Å². The highest BCUT2D eigenvalue weighted by atomic mass is 35.5. The van der Waals surface area contributed by atoms with E-state index in [9.17, 15) is 4.39 Å². The molecule has 0 bridgehead atoms. The van der Waals surface area contributed by atoms with Crippen molar-refractivity contribution in [2.45, 2.75) is 5.88 Å². The van der Waals surface area contributed by atoms with Gasteiger partial charge in [-0.05, 0) is 29.7 Å². The Morgan fingerprint density at radius 3 is 2.60 bits per heavy atom. The molecule has 3 rings (SSSR count). The van der Waals surface area contributed by atoms with Gasteiger partial charge in [0.1, 0.15) is 0 Å². The zero-order valence-corrected chi connectivity index (χ0v) is 11.3. The van der Waals surface area contributed by atoms with Gasteiger partial charge in [0.15, 0.2) is 11.6 Å². The second kappa shape index (κ2) is 5.47. The Labute approximate surface area is 120 Å². The van der Waals surface area contributed by atoms with Crippen LogP contribution in [0.5, 0.6) is 11.6 Å². The van der Waals surface area contributed by atoms with Crippen LogP contribution in [-0.4, -0.2) is 4.98 Å². The summed E-state index contributed by atoms with van der Waals surface area (Å²) in [6.45, 7) is 0. The number of rotatable bonds is 3. The Balaban J connectivity index is 2.13. The quantitative estimate of drug-likeness (QED) is 0.639. The van der Waals surface area contributed by atoms with Crippen LogP contribution in [0.25, 0.3) is 10.8 Å². The van der Waals surface area contributed by atoms with Crippen molar-refractivity contribution in [3.63, 3.8) is 0 Å². The van der Waals surface area contributed by atoms with Gasteiger partial charge in [0.25, 0.3) is 0 Å². The third kappa shape index (κ3) is 2.45. The van der Waals surface area contributed by atoms with Gasteiger partial charge in [0.2, 0.25) is 5.88 Å². The molecule has 100 valence electrons. The SMILES string of the molecule is Fc1ccccc1Oc1nc(CCl)cc2ccccc12. The van der Waals surface area contributed by atoms with Crippen molar-refractivity contribution >= 4 is 22.4 Å². The molecule has 3 aromatic rings. The van der Waals surface area contributed by atoms with Crippen LogP contribution in [0.15, 0.2) is 54.6 Å². The molecule has 1 aromatic heterocycles. The number of nitrogens with zero attached hydrogens (tertiary/aromatic N) is 1. The monoisotopic (exact) mass is 287 g/mol. The lowest BCUT2D eigenvalue weighted by Crippen LogP contribution is -1.95. The Morgan fingerprint density at radius 2 is 1.80 bits per heavy atom. The fourth-order valence-corrected chi connectivity index (χ4v) is 2.13. The fraction of sp³-hybridized carbons (Fsp3) is 0.0625. The molecular formula is C16H11ClFNO. The molecule has 0 aliphatic rings. The van der Waals surface area contributed by atoms with Crippen LogP contribution in [0.3, 0.4) is 0 Å². The van der Waals surface area contributed by atoms with Crippen LogP contribution in [0.4, 0.5) is 4.39 Å². The van der Waals surface area contributed by atoms with Gasteiger partial charge in [-0.15, -0.1) is 11.6 Å². The molecule has 1 heterocycles. The van der Waals surface area contributed by atoms with Crippen molar-refractivity contribution in [2.75, 3.05) is 0 Å². The van der Waals surface area contributed by atoms with E-state index in [1.165, 1.54) is 6.07 Å². The van der Waals surface area contributed by atoms with Crippen molar-refractivity contribution in [3.05, 3.63) is 66.1 Å². The van der Waals surface area contributed by atoms with E-state index >= 15 is 0 Å². The maximum Gasteiger partial charge on any atom is 0.227 e. The van der Waals surface area contributed by atoms with E-state index in [4.69, 9.17) is 16.3 Å². The molecule has 0 unspecified atom stereocenters. The van der Waals surface area contributed by atoms with E-state index < -0.39 is 5.82 Å². The van der Waals surface area contributed by atoms with Gasteiger partial charge in [0, 0.05) is 5.39 Å². The molecule has 0 N–H and O–H groups in total. The summed E-state index contributed by atoms with van der Waals surface area (Å²) in [7, 11) is 0. The predicted molar refractivity (Wildman–Crippen MR) is 77.8 cm³/mol. The molecule has 0 aliphatic heterocycles. The summed E-state index contributed by atoms with van der Waals surface area (Å²) in [6.07, 6.45) is 0. The number of pyridine rings is 1. The molecule has 20 heavy (non-hydrogen) atoms. The van der Waals surface area contributed by atoms with Crippen LogP contribution >= 0.6 is 11.6 Å². The second-order valence-electron chi connectivity index (χ2n) is 4.31. The number of alkyl halides is 1. The van der Waals surface area contributed by atoms with Crippen molar-refractivity contribution in [2.24, 2.45) is 0 Å². The lowest BCUT2D eigenvalue weighted by molar-refractivity contribution is 0.431. The normalized spacial score (nSPS) is 10.7. The number of ether oxygens (including phenoxy) is 1. The average Bonchev–Trinajstić information content (AvgIpc) is 2.49. The van der Waals surface area contributed by atoms with Gasteiger partial charge >= 0.3 is 0 Å². The highest BCUT2D eigenvalue weighted by Crippen LogP contribution is 2.30. The molecule has 0 amide bonds. The van der Waals surface area contributed by atoms with Gasteiger partial charge in [0.05, 0.1) is 11.6 Å². The maximum atomic E-state index is 13.7. The standard InChI is InChI=1S/C16H11ClFNO/c17-10-12-9-11-5-1-2-6-13(11)16(19-12)20-15-8-4-3-7-14(15)18/h1-9H,10H2. The number of aromatic nitrogens is 1. The molecular weight excluding hydrogens is 277 g/mol. The van der Waals surface area contributed by atoms with E-state index in [0.717, 1.165) is 10.8 Å². The van der Waals surface area contributed by atoms with Gasteiger partial charge in [-0.2, -0.15) is 0 Å². The minimum absolute atomic E-state index is 0.150. The zero-order valence-electron chi connectivity index (χ0n) is 10.5. The van der Waals surface area contributed by atoms with Gasteiger partial charge in [-0.3, -0.25) is 0 Å². The van der Waals surface area contributed by atoms with Gasteiger partial charge in [-0.25, -0.2) is 9.37 Å². The first-order valence-electron chi connectivity index (χ1n) is 6.15. The van der Waals surface area contributed by atoms with Crippen molar-refractivity contribution < 1.29 is 9.13 Å². The minimum atomic E-state index is -0.422. The lowest BCUT2D eigenvalue weighted by Gasteiger charge is -2.10. The average molecular weight is 288 g/mol. The Kier molecular flexibility index (Phi) is 3.52. The summed E-state index contributed by atoms with van der Waals surface area (Å²) in [4.78, 5) is 4.33. The molecule has 0 spiro atoms. The van der Waals surface area contributed by atoms with E-state index in [0.29, 0.717) is 11.6 Å². The second-order valence-corrected chi connectivity index (χ2v) is 4.57. The van der Waals surface area contributed by atoms with Gasteiger partial charge in [-0.1, -0.05) is 30.3 Å². The number of hydrogen-bond acceptors (Lipinski definition) is 2. The molecule has 0 saturated heterocycles. The Hall–Kier alpha value is -2.13. The third-order valence-electron chi connectivity index (χ3n) is 2.94. The Morgan fingerprint density at radius 1 is 1.05 bits per heavy atom. The molecule has 0 aliphatic carbocycles. The number of halogens is 2. The largest absolute Gasteiger partial charge is 0.435 e. The molecule has 0 saturated carbocycles. The van der Waals surface area contributed by atoms with Crippen molar-refractivity contribution in [1.29, 1.82) is 0 Å².